The molecule has 1 saturated heterocycles. The van der Waals surface area contributed by atoms with Crippen molar-refractivity contribution in [1.29, 1.82) is 0 Å². The lowest BCUT2D eigenvalue weighted by atomic mass is 9.96. The van der Waals surface area contributed by atoms with Gasteiger partial charge in [-0.1, -0.05) is 0 Å². The van der Waals surface area contributed by atoms with Gasteiger partial charge in [-0.25, -0.2) is 4.98 Å². The smallest absolute Gasteiger partial charge is 0.262 e. The molecular formula is C15H22Cl2N4O3. The van der Waals surface area contributed by atoms with Gasteiger partial charge in [-0.2, -0.15) is 0 Å². The summed E-state index contributed by atoms with van der Waals surface area (Å²) < 4.78 is 1.39. The summed E-state index contributed by atoms with van der Waals surface area (Å²) in [6, 6.07) is 1.55. The molecule has 0 bridgehead atoms. The molecule has 0 amide bonds. The second-order valence-corrected chi connectivity index (χ2v) is 5.75. The predicted octanol–water partition coefficient (Wildman–Crippen LogP) is 0.499. The Morgan fingerprint density at radius 1 is 1.42 bits per heavy atom. The standard InChI is InChI=1S/C15H20N4O3.2ClH/c20-10(6-13-14(21)2-1-4-17-13)8-19-9-18-12-3-5-16-7-11(12)15(19)22;;/h3,5,7,9-10,13-14,17,20-21H,1-2,4,6,8H2;2*1H/t10-,13+,14-;;/m0../s1. The van der Waals surface area contributed by atoms with Gasteiger partial charge in [-0.3, -0.25) is 14.3 Å². The van der Waals surface area contributed by atoms with Crippen LogP contribution in [0.2, 0.25) is 0 Å². The molecule has 0 aromatic carbocycles. The molecule has 3 N–H and O–H groups in total. The van der Waals surface area contributed by atoms with Gasteiger partial charge in [0.2, 0.25) is 0 Å². The van der Waals surface area contributed by atoms with Crippen LogP contribution in [0.15, 0.2) is 29.6 Å². The summed E-state index contributed by atoms with van der Waals surface area (Å²) in [6.07, 6.45) is 5.43. The molecule has 2 aromatic heterocycles. The Bertz CT molecular complexity index is 712. The number of aliphatic hydroxyl groups is 2. The van der Waals surface area contributed by atoms with Crippen LogP contribution < -0.4 is 10.9 Å². The van der Waals surface area contributed by atoms with E-state index < -0.39 is 12.2 Å². The van der Waals surface area contributed by atoms with Crippen LogP contribution in [-0.2, 0) is 6.54 Å². The van der Waals surface area contributed by atoms with E-state index in [4.69, 9.17) is 0 Å². The highest BCUT2D eigenvalue weighted by Gasteiger charge is 2.25. The highest BCUT2D eigenvalue weighted by molar-refractivity contribution is 5.85. The molecule has 1 aliphatic rings. The van der Waals surface area contributed by atoms with Crippen LogP contribution in [0.3, 0.4) is 0 Å². The minimum atomic E-state index is -0.723. The maximum Gasteiger partial charge on any atom is 0.262 e. The molecule has 7 nitrogen and oxygen atoms in total. The number of halogens is 2. The number of rotatable bonds is 4. The van der Waals surface area contributed by atoms with Crippen LogP contribution in [0.25, 0.3) is 10.9 Å². The van der Waals surface area contributed by atoms with E-state index in [-0.39, 0.29) is 43.0 Å². The quantitative estimate of drug-likeness (QED) is 0.718. The number of pyridine rings is 1. The van der Waals surface area contributed by atoms with Crippen molar-refractivity contribution in [2.45, 2.75) is 44.1 Å². The summed E-state index contributed by atoms with van der Waals surface area (Å²) in [5.41, 5.74) is 0.379. The van der Waals surface area contributed by atoms with Crippen LogP contribution in [0.5, 0.6) is 0 Å². The van der Waals surface area contributed by atoms with E-state index in [0.29, 0.717) is 17.3 Å². The lowest BCUT2D eigenvalue weighted by Gasteiger charge is -2.30. The molecule has 0 aliphatic carbocycles. The molecule has 3 atom stereocenters. The number of hydrogen-bond acceptors (Lipinski definition) is 6. The fraction of sp³-hybridized carbons (Fsp3) is 0.533. The molecule has 0 spiro atoms. The zero-order valence-corrected chi connectivity index (χ0v) is 14.7. The van der Waals surface area contributed by atoms with Gasteiger partial charge < -0.3 is 15.5 Å². The number of aliphatic hydroxyl groups excluding tert-OH is 2. The third kappa shape index (κ3) is 4.64. The second-order valence-electron chi connectivity index (χ2n) is 5.75. The fourth-order valence-electron chi connectivity index (χ4n) is 2.90. The van der Waals surface area contributed by atoms with E-state index >= 15 is 0 Å². The van der Waals surface area contributed by atoms with Crippen molar-refractivity contribution < 1.29 is 10.2 Å². The Labute approximate surface area is 152 Å². The van der Waals surface area contributed by atoms with E-state index in [1.165, 1.54) is 17.1 Å². The van der Waals surface area contributed by atoms with Crippen molar-refractivity contribution in [2.24, 2.45) is 0 Å². The van der Waals surface area contributed by atoms with Gasteiger partial charge in [0.15, 0.2) is 0 Å². The topological polar surface area (TPSA) is 100 Å². The Kier molecular flexibility index (Phi) is 8.05. The van der Waals surface area contributed by atoms with E-state index in [9.17, 15) is 15.0 Å². The van der Waals surface area contributed by atoms with E-state index in [2.05, 4.69) is 15.3 Å². The normalized spacial score (nSPS) is 21.6. The van der Waals surface area contributed by atoms with Gasteiger partial charge in [0, 0.05) is 18.4 Å². The lowest BCUT2D eigenvalue weighted by molar-refractivity contribution is 0.0539. The van der Waals surface area contributed by atoms with Crippen LogP contribution in [0, 0.1) is 0 Å². The summed E-state index contributed by atoms with van der Waals surface area (Å²) in [6.45, 7) is 0.999. The molecule has 0 unspecified atom stereocenters. The Morgan fingerprint density at radius 2 is 2.21 bits per heavy atom. The maximum atomic E-state index is 12.3. The first kappa shape index (κ1) is 20.8. The molecule has 3 heterocycles. The minimum absolute atomic E-state index is 0. The second kappa shape index (κ2) is 9.29. The van der Waals surface area contributed by atoms with Gasteiger partial charge >= 0.3 is 0 Å². The van der Waals surface area contributed by atoms with Gasteiger partial charge in [0.05, 0.1) is 36.0 Å². The largest absolute Gasteiger partial charge is 0.392 e. The molecule has 1 fully saturated rings. The summed E-state index contributed by atoms with van der Waals surface area (Å²) in [4.78, 5) is 20.5. The average Bonchev–Trinajstić information content (AvgIpc) is 2.53. The molecule has 0 radical (unpaired) electrons. The van der Waals surface area contributed by atoms with Crippen molar-refractivity contribution in [3.8, 4) is 0 Å². The van der Waals surface area contributed by atoms with Gasteiger partial charge in [-0.15, -0.1) is 24.8 Å². The average molecular weight is 377 g/mol. The van der Waals surface area contributed by atoms with Crippen molar-refractivity contribution >= 4 is 35.7 Å². The van der Waals surface area contributed by atoms with Crippen molar-refractivity contribution in [2.75, 3.05) is 6.54 Å². The summed E-state index contributed by atoms with van der Waals surface area (Å²) in [5.74, 6) is 0. The summed E-state index contributed by atoms with van der Waals surface area (Å²) in [5, 5.41) is 23.8. The Balaban J connectivity index is 0.00000144. The monoisotopic (exact) mass is 376 g/mol. The van der Waals surface area contributed by atoms with Gasteiger partial charge in [0.1, 0.15) is 0 Å². The number of fused-ring (bicyclic) bond motifs is 1. The number of nitrogens with zero attached hydrogens (tertiary/aromatic N) is 3. The first-order valence-electron chi connectivity index (χ1n) is 7.54. The van der Waals surface area contributed by atoms with E-state index in [1.54, 1.807) is 12.3 Å². The molecular weight excluding hydrogens is 355 g/mol. The van der Waals surface area contributed by atoms with E-state index in [1.807, 2.05) is 0 Å². The SMILES string of the molecule is Cl.Cl.O=c1c2cnccc2ncn1C[C@@H](O)C[C@H]1NCCC[C@@H]1O. The number of aromatic nitrogens is 3. The molecule has 2 aromatic rings. The Hall–Kier alpha value is -1.25. The van der Waals surface area contributed by atoms with Gasteiger partial charge in [0.25, 0.3) is 5.56 Å². The zero-order chi connectivity index (χ0) is 15.5. The number of hydrogen-bond donors (Lipinski definition) is 3. The molecule has 1 aliphatic heterocycles. The van der Waals surface area contributed by atoms with Crippen molar-refractivity contribution in [3.05, 3.63) is 35.1 Å². The number of nitrogens with one attached hydrogen (secondary N) is 1. The number of piperidine rings is 1. The maximum absolute atomic E-state index is 12.3. The zero-order valence-electron chi connectivity index (χ0n) is 13.0. The van der Waals surface area contributed by atoms with Gasteiger partial charge in [-0.05, 0) is 31.9 Å². The Morgan fingerprint density at radius 3 is 2.96 bits per heavy atom. The van der Waals surface area contributed by atoms with Crippen LogP contribution >= 0.6 is 24.8 Å². The summed E-state index contributed by atoms with van der Waals surface area (Å²) >= 11 is 0. The molecule has 24 heavy (non-hydrogen) atoms. The molecule has 9 heteroatoms. The highest BCUT2D eigenvalue weighted by atomic mass is 35.5. The first-order valence-corrected chi connectivity index (χ1v) is 7.54. The van der Waals surface area contributed by atoms with E-state index in [0.717, 1.165) is 19.4 Å². The summed E-state index contributed by atoms with van der Waals surface area (Å²) in [7, 11) is 0. The third-order valence-electron chi connectivity index (χ3n) is 4.11. The van der Waals surface area contributed by atoms with Crippen molar-refractivity contribution in [1.82, 2.24) is 19.9 Å². The minimum Gasteiger partial charge on any atom is -0.392 e. The molecule has 134 valence electrons. The van der Waals surface area contributed by atoms with Crippen molar-refractivity contribution in [3.63, 3.8) is 0 Å². The highest BCUT2D eigenvalue weighted by Crippen LogP contribution is 2.14. The fourth-order valence-corrected chi connectivity index (χ4v) is 2.90. The molecule has 3 rings (SSSR count). The van der Waals surface area contributed by atoms with Crippen LogP contribution in [0.1, 0.15) is 19.3 Å². The van der Waals surface area contributed by atoms with Crippen LogP contribution in [-0.4, -0.2) is 49.5 Å². The lowest BCUT2D eigenvalue weighted by Crippen LogP contribution is -2.47. The third-order valence-corrected chi connectivity index (χ3v) is 4.11. The molecule has 0 saturated carbocycles. The predicted molar refractivity (Wildman–Crippen MR) is 95.9 cm³/mol. The first-order chi connectivity index (χ1) is 10.6. The van der Waals surface area contributed by atoms with Crippen LogP contribution in [0.4, 0.5) is 0 Å².